The van der Waals surface area contributed by atoms with E-state index in [0.717, 1.165) is 12.8 Å². The molecule has 0 saturated carbocycles. The lowest BCUT2D eigenvalue weighted by atomic mass is 9.98. The van der Waals surface area contributed by atoms with Gasteiger partial charge in [-0.3, -0.25) is 0 Å². The van der Waals surface area contributed by atoms with Crippen LogP contribution >= 0.6 is 0 Å². The third-order valence-corrected chi connectivity index (χ3v) is 2.95. The molecule has 82 valence electrons. The first-order chi connectivity index (χ1) is 6.86. The van der Waals surface area contributed by atoms with E-state index in [-0.39, 0.29) is 24.4 Å². The van der Waals surface area contributed by atoms with Gasteiger partial charge in [-0.1, -0.05) is 13.8 Å². The molecular formula is C10H18O4. The van der Waals surface area contributed by atoms with Gasteiger partial charge in [0.1, 0.15) is 25.8 Å². The second kappa shape index (κ2) is 4.57. The summed E-state index contributed by atoms with van der Waals surface area (Å²) >= 11 is 0. The van der Waals surface area contributed by atoms with Gasteiger partial charge in [-0.2, -0.15) is 0 Å². The minimum Gasteiger partial charge on any atom is -0.349 e. The molecule has 2 aliphatic heterocycles. The fraction of sp³-hybridized carbons (Fsp3) is 1.00. The van der Waals surface area contributed by atoms with E-state index in [1.165, 1.54) is 0 Å². The maximum absolute atomic E-state index is 5.55. The summed E-state index contributed by atoms with van der Waals surface area (Å²) in [7, 11) is 0. The van der Waals surface area contributed by atoms with Crippen molar-refractivity contribution < 1.29 is 18.9 Å². The second-order valence-electron chi connectivity index (χ2n) is 3.73. The largest absolute Gasteiger partial charge is 0.349 e. The zero-order valence-corrected chi connectivity index (χ0v) is 8.77. The Balaban J connectivity index is 2.04. The van der Waals surface area contributed by atoms with Crippen molar-refractivity contribution in [2.75, 3.05) is 13.6 Å². The van der Waals surface area contributed by atoms with Gasteiger partial charge >= 0.3 is 0 Å². The van der Waals surface area contributed by atoms with E-state index in [4.69, 9.17) is 18.9 Å². The van der Waals surface area contributed by atoms with Gasteiger partial charge in [-0.25, -0.2) is 0 Å². The lowest BCUT2D eigenvalue weighted by Crippen LogP contribution is -2.56. The van der Waals surface area contributed by atoms with Crippen molar-refractivity contribution >= 4 is 0 Å². The molecule has 2 heterocycles. The van der Waals surface area contributed by atoms with Crippen molar-refractivity contribution in [2.24, 2.45) is 0 Å². The lowest BCUT2D eigenvalue weighted by molar-refractivity contribution is -0.322. The van der Waals surface area contributed by atoms with Crippen LogP contribution in [-0.2, 0) is 18.9 Å². The lowest BCUT2D eigenvalue weighted by Gasteiger charge is -2.43. The number of hydrogen-bond donors (Lipinski definition) is 0. The number of fused-ring (bicyclic) bond motifs is 1. The van der Waals surface area contributed by atoms with Gasteiger partial charge in [0, 0.05) is 0 Å². The quantitative estimate of drug-likeness (QED) is 0.676. The van der Waals surface area contributed by atoms with Crippen LogP contribution < -0.4 is 0 Å². The molecule has 0 N–H and O–H groups in total. The molecule has 0 bridgehead atoms. The fourth-order valence-corrected chi connectivity index (χ4v) is 2.13. The third kappa shape index (κ3) is 1.80. The van der Waals surface area contributed by atoms with Crippen LogP contribution in [0.5, 0.6) is 0 Å². The third-order valence-electron chi connectivity index (χ3n) is 2.95. The molecule has 14 heavy (non-hydrogen) atoms. The monoisotopic (exact) mass is 202 g/mol. The van der Waals surface area contributed by atoms with Crippen molar-refractivity contribution in [3.63, 3.8) is 0 Å². The highest BCUT2D eigenvalue weighted by atomic mass is 16.8. The highest BCUT2D eigenvalue weighted by Crippen LogP contribution is 2.28. The van der Waals surface area contributed by atoms with E-state index in [1.807, 2.05) is 0 Å². The molecule has 2 aliphatic rings. The van der Waals surface area contributed by atoms with E-state index >= 15 is 0 Å². The minimum atomic E-state index is 0.0486. The van der Waals surface area contributed by atoms with Gasteiger partial charge in [0.2, 0.25) is 0 Å². The summed E-state index contributed by atoms with van der Waals surface area (Å²) < 4.78 is 22.1. The standard InChI is InChI=1S/C10H18O4/c1-3-7-9-10(14-5-11-7)8(4-2)12-6-13-9/h7-10H,3-6H2,1-2H3/t7-,8-,9+,10?/m1/s1. The number of hydrogen-bond acceptors (Lipinski definition) is 4. The van der Waals surface area contributed by atoms with Crippen LogP contribution in [0.15, 0.2) is 0 Å². The Hall–Kier alpha value is -0.160. The predicted molar refractivity (Wildman–Crippen MR) is 49.8 cm³/mol. The maximum atomic E-state index is 5.55. The summed E-state index contributed by atoms with van der Waals surface area (Å²) in [5.41, 5.74) is 0. The molecule has 1 unspecified atom stereocenters. The highest BCUT2D eigenvalue weighted by molar-refractivity contribution is 4.88. The second-order valence-corrected chi connectivity index (χ2v) is 3.73. The summed E-state index contributed by atoms with van der Waals surface area (Å²) in [5, 5.41) is 0. The molecular weight excluding hydrogens is 184 g/mol. The molecule has 2 saturated heterocycles. The van der Waals surface area contributed by atoms with Crippen LogP contribution in [-0.4, -0.2) is 38.0 Å². The summed E-state index contributed by atoms with van der Waals surface area (Å²) in [6, 6.07) is 0. The van der Waals surface area contributed by atoms with E-state index in [9.17, 15) is 0 Å². The average molecular weight is 202 g/mol. The molecule has 4 nitrogen and oxygen atoms in total. The van der Waals surface area contributed by atoms with E-state index in [2.05, 4.69) is 13.8 Å². The molecule has 4 atom stereocenters. The maximum Gasteiger partial charge on any atom is 0.147 e. The Morgan fingerprint density at radius 1 is 0.786 bits per heavy atom. The molecule has 0 aliphatic carbocycles. The minimum absolute atomic E-state index is 0.0486. The Labute approximate surface area is 84.5 Å². The van der Waals surface area contributed by atoms with E-state index in [1.54, 1.807) is 0 Å². The molecule has 0 radical (unpaired) electrons. The van der Waals surface area contributed by atoms with Gasteiger partial charge in [0.15, 0.2) is 0 Å². The Bertz CT molecular complexity index is 165. The van der Waals surface area contributed by atoms with Crippen molar-refractivity contribution in [3.8, 4) is 0 Å². The zero-order valence-electron chi connectivity index (χ0n) is 8.77. The number of ether oxygens (including phenoxy) is 4. The topological polar surface area (TPSA) is 36.9 Å². The van der Waals surface area contributed by atoms with Crippen LogP contribution in [0.4, 0.5) is 0 Å². The fourth-order valence-electron chi connectivity index (χ4n) is 2.13. The molecule has 2 fully saturated rings. The summed E-state index contributed by atoms with van der Waals surface area (Å²) in [4.78, 5) is 0. The first kappa shape index (κ1) is 10.4. The molecule has 0 amide bonds. The van der Waals surface area contributed by atoms with E-state index in [0.29, 0.717) is 13.6 Å². The van der Waals surface area contributed by atoms with Crippen LogP contribution in [0.1, 0.15) is 26.7 Å². The van der Waals surface area contributed by atoms with Crippen LogP contribution in [0.25, 0.3) is 0 Å². The van der Waals surface area contributed by atoms with Gasteiger partial charge < -0.3 is 18.9 Å². The predicted octanol–water partition coefficient (Wildman–Crippen LogP) is 1.29. The summed E-state index contributed by atoms with van der Waals surface area (Å²) in [5.74, 6) is 0. The van der Waals surface area contributed by atoms with Crippen molar-refractivity contribution in [1.29, 1.82) is 0 Å². The summed E-state index contributed by atoms with van der Waals surface area (Å²) in [6.07, 6.45) is 2.33. The Morgan fingerprint density at radius 2 is 1.21 bits per heavy atom. The molecule has 0 aromatic heterocycles. The SMILES string of the molecule is CC[C@H]1OCO[C@@H]2C1OCO[C@@H]2CC. The van der Waals surface area contributed by atoms with Gasteiger partial charge in [0.25, 0.3) is 0 Å². The van der Waals surface area contributed by atoms with Gasteiger partial charge in [0.05, 0.1) is 12.2 Å². The molecule has 0 aromatic carbocycles. The van der Waals surface area contributed by atoms with Crippen molar-refractivity contribution in [3.05, 3.63) is 0 Å². The van der Waals surface area contributed by atoms with Crippen molar-refractivity contribution in [2.45, 2.75) is 51.1 Å². The van der Waals surface area contributed by atoms with Crippen LogP contribution in [0, 0.1) is 0 Å². The molecule has 4 heteroatoms. The van der Waals surface area contributed by atoms with Crippen LogP contribution in [0.3, 0.4) is 0 Å². The molecule has 0 aromatic rings. The molecule has 2 rings (SSSR count). The van der Waals surface area contributed by atoms with Crippen molar-refractivity contribution in [1.82, 2.24) is 0 Å². The average Bonchev–Trinajstić information content (AvgIpc) is 2.27. The Morgan fingerprint density at radius 3 is 1.57 bits per heavy atom. The normalized spacial score (nSPS) is 43.3. The Kier molecular flexibility index (Phi) is 3.38. The first-order valence-electron chi connectivity index (χ1n) is 5.33. The van der Waals surface area contributed by atoms with Crippen LogP contribution in [0.2, 0.25) is 0 Å². The van der Waals surface area contributed by atoms with E-state index < -0.39 is 0 Å². The zero-order chi connectivity index (χ0) is 9.97. The molecule has 0 spiro atoms. The highest BCUT2D eigenvalue weighted by Gasteiger charge is 2.42. The first-order valence-corrected chi connectivity index (χ1v) is 5.33. The number of rotatable bonds is 2. The smallest absolute Gasteiger partial charge is 0.147 e. The summed E-state index contributed by atoms with van der Waals surface area (Å²) in [6.45, 7) is 4.94. The van der Waals surface area contributed by atoms with Gasteiger partial charge in [-0.05, 0) is 12.8 Å². The van der Waals surface area contributed by atoms with Gasteiger partial charge in [-0.15, -0.1) is 0 Å².